The summed E-state index contributed by atoms with van der Waals surface area (Å²) < 4.78 is 13.2. The van der Waals surface area contributed by atoms with Crippen molar-refractivity contribution in [3.8, 4) is 0 Å². The van der Waals surface area contributed by atoms with Crippen LogP contribution in [0.25, 0.3) is 0 Å². The number of para-hydroxylation sites is 1. The van der Waals surface area contributed by atoms with Gasteiger partial charge in [0.1, 0.15) is 5.82 Å². The van der Waals surface area contributed by atoms with Gasteiger partial charge in [0.15, 0.2) is 0 Å². The molecule has 1 heterocycles. The Bertz CT molecular complexity index is 824. The Morgan fingerprint density at radius 2 is 1.76 bits per heavy atom. The average molecular weight is 397 g/mol. The summed E-state index contributed by atoms with van der Waals surface area (Å²) in [5, 5.41) is 5.99. The molecule has 0 bridgehead atoms. The van der Waals surface area contributed by atoms with Crippen molar-refractivity contribution in [3.05, 3.63) is 66.0 Å². The standard InChI is InChI=1S/C23H28FN3O2/c1-16(2)21(17-10-12-19(24)13-11-17)26-22(28)18-7-6-14-27(15-18)23(29)25-20-8-4-3-5-9-20/h3-5,8-13,16,18,21H,6-7,14-15H2,1-2H3,(H,25,29)(H,26,28)/t18-,21-/m1/s1. The van der Waals surface area contributed by atoms with E-state index in [9.17, 15) is 14.0 Å². The van der Waals surface area contributed by atoms with Crippen molar-refractivity contribution in [3.63, 3.8) is 0 Å². The minimum atomic E-state index is -0.296. The second-order valence-electron chi connectivity index (χ2n) is 7.86. The number of likely N-dealkylation sites (tertiary alicyclic amines) is 1. The molecule has 5 nitrogen and oxygen atoms in total. The number of nitrogens with zero attached hydrogens (tertiary/aromatic N) is 1. The zero-order valence-electron chi connectivity index (χ0n) is 16.9. The van der Waals surface area contributed by atoms with Gasteiger partial charge in [-0.3, -0.25) is 4.79 Å². The molecule has 0 unspecified atom stereocenters. The number of hydrogen-bond donors (Lipinski definition) is 2. The van der Waals surface area contributed by atoms with Crippen LogP contribution in [0.15, 0.2) is 54.6 Å². The summed E-state index contributed by atoms with van der Waals surface area (Å²) in [5.74, 6) is -0.461. The smallest absolute Gasteiger partial charge is 0.321 e. The van der Waals surface area contributed by atoms with E-state index in [4.69, 9.17) is 0 Å². The van der Waals surface area contributed by atoms with E-state index < -0.39 is 0 Å². The van der Waals surface area contributed by atoms with Crippen LogP contribution in [0, 0.1) is 17.7 Å². The van der Waals surface area contributed by atoms with E-state index in [1.807, 2.05) is 44.2 Å². The lowest BCUT2D eigenvalue weighted by Gasteiger charge is -2.33. The Morgan fingerprint density at radius 1 is 1.07 bits per heavy atom. The maximum absolute atomic E-state index is 13.2. The highest BCUT2D eigenvalue weighted by atomic mass is 19.1. The summed E-state index contributed by atoms with van der Waals surface area (Å²) in [4.78, 5) is 27.2. The molecule has 1 saturated heterocycles. The Morgan fingerprint density at radius 3 is 2.41 bits per heavy atom. The van der Waals surface area contributed by atoms with Crippen LogP contribution in [0.4, 0.5) is 14.9 Å². The van der Waals surface area contributed by atoms with Gasteiger partial charge in [-0.2, -0.15) is 0 Å². The summed E-state index contributed by atoms with van der Waals surface area (Å²) in [6, 6.07) is 15.1. The van der Waals surface area contributed by atoms with E-state index in [2.05, 4.69) is 10.6 Å². The second-order valence-corrected chi connectivity index (χ2v) is 7.86. The fraction of sp³-hybridized carbons (Fsp3) is 0.391. The maximum atomic E-state index is 13.2. The molecule has 2 N–H and O–H groups in total. The minimum Gasteiger partial charge on any atom is -0.349 e. The van der Waals surface area contributed by atoms with E-state index >= 15 is 0 Å². The fourth-order valence-electron chi connectivity index (χ4n) is 3.68. The normalized spacial score (nSPS) is 17.7. The van der Waals surface area contributed by atoms with Crippen LogP contribution < -0.4 is 10.6 Å². The number of benzene rings is 2. The second kappa shape index (κ2) is 9.54. The number of carbonyl (C=O) groups excluding carboxylic acids is 2. The van der Waals surface area contributed by atoms with Gasteiger partial charge in [-0.05, 0) is 48.6 Å². The van der Waals surface area contributed by atoms with Crippen LogP contribution in [0.3, 0.4) is 0 Å². The molecule has 1 aliphatic heterocycles. The molecule has 0 aromatic heterocycles. The number of halogens is 1. The van der Waals surface area contributed by atoms with E-state index in [1.165, 1.54) is 12.1 Å². The molecule has 3 amide bonds. The third kappa shape index (κ3) is 5.56. The quantitative estimate of drug-likeness (QED) is 0.776. The van der Waals surface area contributed by atoms with Gasteiger partial charge < -0.3 is 15.5 Å². The molecular weight excluding hydrogens is 369 g/mol. The van der Waals surface area contributed by atoms with Crippen LogP contribution >= 0.6 is 0 Å². The number of carbonyl (C=O) groups is 2. The van der Waals surface area contributed by atoms with Crippen molar-refractivity contribution in [1.82, 2.24) is 10.2 Å². The van der Waals surface area contributed by atoms with Crippen LogP contribution in [0.1, 0.15) is 38.3 Å². The molecular formula is C23H28FN3O2. The van der Waals surface area contributed by atoms with Crippen LogP contribution in [0.5, 0.6) is 0 Å². The van der Waals surface area contributed by atoms with Crippen LogP contribution in [0.2, 0.25) is 0 Å². The topological polar surface area (TPSA) is 61.4 Å². The number of urea groups is 1. The van der Waals surface area contributed by atoms with Crippen molar-refractivity contribution >= 4 is 17.6 Å². The van der Waals surface area contributed by atoms with Gasteiger partial charge in [0.2, 0.25) is 5.91 Å². The summed E-state index contributed by atoms with van der Waals surface area (Å²) in [6.45, 7) is 5.07. The van der Waals surface area contributed by atoms with E-state index in [0.29, 0.717) is 13.1 Å². The average Bonchev–Trinajstić information content (AvgIpc) is 2.73. The fourth-order valence-corrected chi connectivity index (χ4v) is 3.68. The molecule has 29 heavy (non-hydrogen) atoms. The monoisotopic (exact) mass is 397 g/mol. The molecule has 2 atom stereocenters. The first-order valence-corrected chi connectivity index (χ1v) is 10.1. The molecule has 1 aliphatic rings. The zero-order valence-corrected chi connectivity index (χ0v) is 16.9. The highest BCUT2D eigenvalue weighted by Gasteiger charge is 2.30. The lowest BCUT2D eigenvalue weighted by molar-refractivity contribution is -0.127. The lowest BCUT2D eigenvalue weighted by Crippen LogP contribution is -2.47. The predicted octanol–water partition coefficient (Wildman–Crippen LogP) is 4.58. The first kappa shape index (κ1) is 20.8. The van der Waals surface area contributed by atoms with Crippen molar-refractivity contribution in [2.75, 3.05) is 18.4 Å². The largest absolute Gasteiger partial charge is 0.349 e. The number of piperidine rings is 1. The summed E-state index contributed by atoms with van der Waals surface area (Å²) in [6.07, 6.45) is 1.53. The summed E-state index contributed by atoms with van der Waals surface area (Å²) >= 11 is 0. The molecule has 0 saturated carbocycles. The van der Waals surface area contributed by atoms with Gasteiger partial charge in [-0.1, -0.05) is 44.2 Å². The predicted molar refractivity (Wildman–Crippen MR) is 112 cm³/mol. The van der Waals surface area contributed by atoms with Crippen molar-refractivity contribution < 1.29 is 14.0 Å². The van der Waals surface area contributed by atoms with Crippen molar-refractivity contribution in [1.29, 1.82) is 0 Å². The summed E-state index contributed by atoms with van der Waals surface area (Å²) in [7, 11) is 0. The third-order valence-electron chi connectivity index (χ3n) is 5.30. The van der Waals surface area contributed by atoms with Crippen LogP contribution in [-0.4, -0.2) is 29.9 Å². The molecule has 0 spiro atoms. The van der Waals surface area contributed by atoms with Gasteiger partial charge in [0.05, 0.1) is 12.0 Å². The molecule has 6 heteroatoms. The van der Waals surface area contributed by atoms with E-state index in [1.54, 1.807) is 17.0 Å². The third-order valence-corrected chi connectivity index (χ3v) is 5.30. The molecule has 1 fully saturated rings. The number of amides is 3. The van der Waals surface area contributed by atoms with Crippen LogP contribution in [-0.2, 0) is 4.79 Å². The van der Waals surface area contributed by atoms with E-state index in [-0.39, 0.29) is 35.6 Å². The Balaban J connectivity index is 1.62. The molecule has 154 valence electrons. The van der Waals surface area contributed by atoms with Gasteiger partial charge in [-0.15, -0.1) is 0 Å². The number of anilines is 1. The Hall–Kier alpha value is -2.89. The Labute approximate surface area is 171 Å². The van der Waals surface area contributed by atoms with Crippen molar-refractivity contribution in [2.24, 2.45) is 11.8 Å². The molecule has 2 aromatic rings. The van der Waals surface area contributed by atoms with Crippen molar-refractivity contribution in [2.45, 2.75) is 32.7 Å². The van der Waals surface area contributed by atoms with Gasteiger partial charge in [-0.25, -0.2) is 9.18 Å². The molecule has 3 rings (SSSR count). The van der Waals surface area contributed by atoms with Gasteiger partial charge >= 0.3 is 6.03 Å². The van der Waals surface area contributed by atoms with Gasteiger partial charge in [0, 0.05) is 18.8 Å². The Kier molecular flexibility index (Phi) is 6.86. The van der Waals surface area contributed by atoms with Gasteiger partial charge in [0.25, 0.3) is 0 Å². The maximum Gasteiger partial charge on any atom is 0.321 e. The highest BCUT2D eigenvalue weighted by molar-refractivity contribution is 5.90. The highest BCUT2D eigenvalue weighted by Crippen LogP contribution is 2.24. The molecule has 0 radical (unpaired) electrons. The number of nitrogens with one attached hydrogen (secondary N) is 2. The first-order valence-electron chi connectivity index (χ1n) is 10.1. The zero-order chi connectivity index (χ0) is 20.8. The minimum absolute atomic E-state index is 0.0646. The molecule has 0 aliphatic carbocycles. The van der Waals surface area contributed by atoms with E-state index in [0.717, 1.165) is 24.1 Å². The summed E-state index contributed by atoms with van der Waals surface area (Å²) in [5.41, 5.74) is 1.62. The SMILES string of the molecule is CC(C)[C@@H](NC(=O)[C@@H]1CCCN(C(=O)Nc2ccccc2)C1)c1ccc(F)cc1. The molecule has 2 aromatic carbocycles. The first-order chi connectivity index (χ1) is 13.9. The lowest BCUT2D eigenvalue weighted by atomic mass is 9.93. The number of hydrogen-bond acceptors (Lipinski definition) is 2. The number of rotatable bonds is 5.